The molecule has 0 bridgehead atoms. The highest BCUT2D eigenvalue weighted by Crippen LogP contribution is 2.20. The monoisotopic (exact) mass is 209 g/mol. The summed E-state index contributed by atoms with van der Waals surface area (Å²) in [5.41, 5.74) is 1.45. The van der Waals surface area contributed by atoms with Crippen LogP contribution >= 0.6 is 11.8 Å². The molecule has 0 heterocycles. The molecule has 0 fully saturated rings. The average molecular weight is 209 g/mol. The van der Waals surface area contributed by atoms with Crippen molar-refractivity contribution >= 4 is 11.8 Å². The minimum absolute atomic E-state index is 0.563. The zero-order chi connectivity index (χ0) is 10.4. The summed E-state index contributed by atoms with van der Waals surface area (Å²) in [5.74, 6) is 0. The van der Waals surface area contributed by atoms with Gasteiger partial charge >= 0.3 is 0 Å². The van der Waals surface area contributed by atoms with E-state index in [0.29, 0.717) is 6.04 Å². The van der Waals surface area contributed by atoms with Gasteiger partial charge in [0, 0.05) is 10.9 Å². The Kier molecular flexibility index (Phi) is 5.05. The second-order valence-corrected chi connectivity index (χ2v) is 4.32. The van der Waals surface area contributed by atoms with Gasteiger partial charge in [-0.05, 0) is 37.8 Å². The zero-order valence-electron chi connectivity index (χ0n) is 9.21. The molecular weight excluding hydrogens is 190 g/mol. The van der Waals surface area contributed by atoms with Crippen LogP contribution < -0.4 is 5.32 Å². The number of hydrogen-bond donors (Lipinski definition) is 1. The molecule has 0 aliphatic heterocycles. The van der Waals surface area contributed by atoms with E-state index in [1.165, 1.54) is 10.5 Å². The maximum Gasteiger partial charge on any atom is 0.0102 e. The van der Waals surface area contributed by atoms with Gasteiger partial charge in [-0.1, -0.05) is 25.1 Å². The number of hydrogen-bond acceptors (Lipinski definition) is 2. The topological polar surface area (TPSA) is 12.0 Å². The second-order valence-electron chi connectivity index (χ2n) is 3.47. The van der Waals surface area contributed by atoms with Crippen molar-refractivity contribution in [3.05, 3.63) is 29.8 Å². The molecule has 1 nitrogen and oxygen atoms in total. The smallest absolute Gasteiger partial charge is 0.0102 e. The van der Waals surface area contributed by atoms with Crippen molar-refractivity contribution in [1.29, 1.82) is 0 Å². The lowest BCUT2D eigenvalue weighted by Gasteiger charge is -2.14. The molecule has 1 rings (SSSR count). The lowest BCUT2D eigenvalue weighted by Crippen LogP contribution is -2.27. The number of thioether (sulfide) groups is 1. The third-order valence-electron chi connectivity index (χ3n) is 2.27. The summed E-state index contributed by atoms with van der Waals surface area (Å²) in [6.07, 6.45) is 3.25. The summed E-state index contributed by atoms with van der Waals surface area (Å²) in [7, 11) is 0. The molecule has 0 aromatic heterocycles. The largest absolute Gasteiger partial charge is 0.314 e. The molecule has 0 aliphatic rings. The highest BCUT2D eigenvalue weighted by molar-refractivity contribution is 7.98. The molecule has 0 spiro atoms. The van der Waals surface area contributed by atoms with E-state index in [1.54, 1.807) is 0 Å². The van der Waals surface area contributed by atoms with Crippen molar-refractivity contribution in [2.24, 2.45) is 0 Å². The van der Waals surface area contributed by atoms with E-state index >= 15 is 0 Å². The Labute approximate surface area is 91.3 Å². The Hall–Kier alpha value is -0.470. The summed E-state index contributed by atoms with van der Waals surface area (Å²) < 4.78 is 0. The van der Waals surface area contributed by atoms with Crippen LogP contribution in [0.3, 0.4) is 0 Å². The van der Waals surface area contributed by atoms with Crippen LogP contribution in [-0.4, -0.2) is 18.8 Å². The highest BCUT2D eigenvalue weighted by Gasteiger charge is 2.05. The Bertz CT molecular complexity index is 273. The molecule has 78 valence electrons. The van der Waals surface area contributed by atoms with E-state index in [9.17, 15) is 0 Å². The molecule has 1 unspecified atom stereocenters. The number of rotatable bonds is 5. The van der Waals surface area contributed by atoms with Gasteiger partial charge in [-0.2, -0.15) is 0 Å². The van der Waals surface area contributed by atoms with Crippen molar-refractivity contribution < 1.29 is 0 Å². The Balaban J connectivity index is 2.65. The lowest BCUT2D eigenvalue weighted by atomic mass is 10.1. The molecule has 1 atom stereocenters. The average Bonchev–Trinajstić information content (AvgIpc) is 2.19. The summed E-state index contributed by atoms with van der Waals surface area (Å²) in [4.78, 5) is 1.40. The fourth-order valence-corrected chi connectivity index (χ4v) is 2.25. The molecule has 2 heteroatoms. The minimum atomic E-state index is 0.563. The zero-order valence-corrected chi connectivity index (χ0v) is 10.0. The van der Waals surface area contributed by atoms with Crippen molar-refractivity contribution in [2.75, 3.05) is 12.8 Å². The van der Waals surface area contributed by atoms with Crippen LogP contribution in [0.15, 0.2) is 29.2 Å². The van der Waals surface area contributed by atoms with Crippen molar-refractivity contribution in [2.45, 2.75) is 31.2 Å². The molecule has 1 aromatic carbocycles. The van der Waals surface area contributed by atoms with Gasteiger partial charge in [-0.25, -0.2) is 0 Å². The maximum atomic E-state index is 3.44. The van der Waals surface area contributed by atoms with Crippen LogP contribution in [0, 0.1) is 0 Å². The third-order valence-corrected chi connectivity index (χ3v) is 3.11. The number of benzene rings is 1. The minimum Gasteiger partial charge on any atom is -0.314 e. The van der Waals surface area contributed by atoms with Gasteiger partial charge in [0.05, 0.1) is 0 Å². The Morgan fingerprint density at radius 3 is 2.71 bits per heavy atom. The molecule has 1 N–H and O–H groups in total. The first-order valence-corrected chi connectivity index (χ1v) is 6.35. The molecular formula is C12H19NS. The normalized spacial score (nSPS) is 12.8. The van der Waals surface area contributed by atoms with Crippen LogP contribution in [0.25, 0.3) is 0 Å². The molecule has 0 saturated heterocycles. The van der Waals surface area contributed by atoms with E-state index in [-0.39, 0.29) is 0 Å². The molecule has 1 aromatic rings. The van der Waals surface area contributed by atoms with Crippen LogP contribution in [0.4, 0.5) is 0 Å². The van der Waals surface area contributed by atoms with Gasteiger partial charge < -0.3 is 5.32 Å². The van der Waals surface area contributed by atoms with E-state index in [0.717, 1.165) is 13.0 Å². The summed E-state index contributed by atoms with van der Waals surface area (Å²) >= 11 is 1.83. The standard InChI is InChI=1S/C12H19NS/c1-4-13-10(2)9-11-7-5-6-8-12(11)14-3/h5-8,10,13H,4,9H2,1-3H3. The lowest BCUT2D eigenvalue weighted by molar-refractivity contribution is 0.562. The van der Waals surface area contributed by atoms with E-state index in [2.05, 4.69) is 49.7 Å². The first-order valence-electron chi connectivity index (χ1n) is 5.13. The fraction of sp³-hybridized carbons (Fsp3) is 0.500. The summed E-state index contributed by atoms with van der Waals surface area (Å²) in [6, 6.07) is 9.20. The van der Waals surface area contributed by atoms with E-state index in [1.807, 2.05) is 11.8 Å². The summed E-state index contributed by atoms with van der Waals surface area (Å²) in [5, 5.41) is 3.44. The molecule has 0 saturated carbocycles. The van der Waals surface area contributed by atoms with Gasteiger partial charge in [-0.3, -0.25) is 0 Å². The van der Waals surface area contributed by atoms with Crippen LogP contribution in [0.5, 0.6) is 0 Å². The SMILES string of the molecule is CCNC(C)Cc1ccccc1SC. The Morgan fingerprint density at radius 2 is 2.07 bits per heavy atom. The van der Waals surface area contributed by atoms with Crippen molar-refractivity contribution in [1.82, 2.24) is 5.32 Å². The van der Waals surface area contributed by atoms with Crippen molar-refractivity contribution in [3.8, 4) is 0 Å². The van der Waals surface area contributed by atoms with Gasteiger partial charge in [0.2, 0.25) is 0 Å². The predicted molar refractivity (Wildman–Crippen MR) is 65.1 cm³/mol. The van der Waals surface area contributed by atoms with Crippen LogP contribution in [0.1, 0.15) is 19.4 Å². The van der Waals surface area contributed by atoms with Crippen LogP contribution in [-0.2, 0) is 6.42 Å². The first-order chi connectivity index (χ1) is 6.77. The summed E-state index contributed by atoms with van der Waals surface area (Å²) in [6.45, 7) is 5.43. The highest BCUT2D eigenvalue weighted by atomic mass is 32.2. The predicted octanol–water partition coefficient (Wildman–Crippen LogP) is 2.95. The molecule has 0 aliphatic carbocycles. The Morgan fingerprint density at radius 1 is 1.36 bits per heavy atom. The number of nitrogens with one attached hydrogen (secondary N) is 1. The van der Waals surface area contributed by atoms with Crippen molar-refractivity contribution in [3.63, 3.8) is 0 Å². The van der Waals surface area contributed by atoms with E-state index in [4.69, 9.17) is 0 Å². The van der Waals surface area contributed by atoms with Crippen LogP contribution in [0.2, 0.25) is 0 Å². The van der Waals surface area contributed by atoms with Gasteiger partial charge in [-0.15, -0.1) is 11.8 Å². The second kappa shape index (κ2) is 6.10. The fourth-order valence-electron chi connectivity index (χ4n) is 1.62. The molecule has 0 radical (unpaired) electrons. The first kappa shape index (κ1) is 11.6. The third kappa shape index (κ3) is 3.35. The number of likely N-dealkylation sites (N-methyl/N-ethyl adjacent to an activating group) is 1. The van der Waals surface area contributed by atoms with Gasteiger partial charge in [0.1, 0.15) is 0 Å². The van der Waals surface area contributed by atoms with Gasteiger partial charge in [0.25, 0.3) is 0 Å². The quantitative estimate of drug-likeness (QED) is 0.748. The molecule has 14 heavy (non-hydrogen) atoms. The maximum absolute atomic E-state index is 3.44. The van der Waals surface area contributed by atoms with E-state index < -0.39 is 0 Å². The van der Waals surface area contributed by atoms with Gasteiger partial charge in [0.15, 0.2) is 0 Å². The molecule has 0 amide bonds.